The highest BCUT2D eigenvalue weighted by Crippen LogP contribution is 2.26. The molecule has 1 aromatic rings. The fourth-order valence-corrected chi connectivity index (χ4v) is 3.71. The van der Waals surface area contributed by atoms with E-state index in [1.807, 2.05) is 0 Å². The van der Waals surface area contributed by atoms with Gasteiger partial charge in [0.2, 0.25) is 11.8 Å². The van der Waals surface area contributed by atoms with E-state index >= 15 is 0 Å². The normalized spacial score (nSPS) is 21.6. The number of hydrogen-bond acceptors (Lipinski definition) is 4. The van der Waals surface area contributed by atoms with E-state index < -0.39 is 5.97 Å². The molecule has 3 rings (SSSR count). The minimum atomic E-state index is -0.982. The Labute approximate surface area is 125 Å². The number of rotatable bonds is 3. The SMILES string of the molecule is O=C(O)c1ccc(CN2CC(=O)N3CSCC3C2=O)cc1. The van der Waals surface area contributed by atoms with Gasteiger partial charge < -0.3 is 14.9 Å². The van der Waals surface area contributed by atoms with Crippen LogP contribution in [0.25, 0.3) is 0 Å². The first-order valence-electron chi connectivity index (χ1n) is 6.54. The van der Waals surface area contributed by atoms with Crippen molar-refractivity contribution in [1.82, 2.24) is 9.80 Å². The molecule has 0 saturated carbocycles. The maximum absolute atomic E-state index is 12.4. The molecule has 1 aromatic carbocycles. The van der Waals surface area contributed by atoms with Crippen molar-refractivity contribution >= 4 is 29.5 Å². The standard InChI is InChI=1S/C14H14N2O4S/c17-12-6-15(13(18)11-7-21-8-16(11)12)5-9-1-3-10(4-2-9)14(19)20/h1-4,11H,5-8H2,(H,19,20). The average molecular weight is 306 g/mol. The summed E-state index contributed by atoms with van der Waals surface area (Å²) in [5.74, 6) is 0.216. The number of carbonyl (C=O) groups excluding carboxylic acids is 2. The summed E-state index contributed by atoms with van der Waals surface area (Å²) in [6.45, 7) is 0.427. The van der Waals surface area contributed by atoms with Gasteiger partial charge in [-0.25, -0.2) is 4.79 Å². The largest absolute Gasteiger partial charge is 0.478 e. The highest BCUT2D eigenvalue weighted by molar-refractivity contribution is 7.99. The number of thioether (sulfide) groups is 1. The Kier molecular flexibility index (Phi) is 3.59. The highest BCUT2D eigenvalue weighted by Gasteiger charge is 2.42. The quantitative estimate of drug-likeness (QED) is 0.886. The van der Waals surface area contributed by atoms with E-state index in [-0.39, 0.29) is 30.0 Å². The lowest BCUT2D eigenvalue weighted by atomic mass is 10.1. The van der Waals surface area contributed by atoms with Crippen molar-refractivity contribution in [3.63, 3.8) is 0 Å². The molecule has 110 valence electrons. The smallest absolute Gasteiger partial charge is 0.335 e. The maximum atomic E-state index is 12.4. The number of nitrogens with zero attached hydrogens (tertiary/aromatic N) is 2. The van der Waals surface area contributed by atoms with Gasteiger partial charge in [-0.3, -0.25) is 9.59 Å². The van der Waals surface area contributed by atoms with Crippen LogP contribution in [0, 0.1) is 0 Å². The second-order valence-corrected chi connectivity index (χ2v) is 6.08. The molecule has 2 heterocycles. The number of piperazine rings is 1. The van der Waals surface area contributed by atoms with Crippen molar-refractivity contribution in [1.29, 1.82) is 0 Å². The molecule has 2 aliphatic heterocycles. The lowest BCUT2D eigenvalue weighted by molar-refractivity contribution is -0.153. The van der Waals surface area contributed by atoms with Crippen molar-refractivity contribution in [2.45, 2.75) is 12.6 Å². The Balaban J connectivity index is 1.73. The second kappa shape index (κ2) is 5.40. The summed E-state index contributed by atoms with van der Waals surface area (Å²) in [6, 6.07) is 6.03. The van der Waals surface area contributed by atoms with Crippen molar-refractivity contribution in [3.8, 4) is 0 Å². The summed E-state index contributed by atoms with van der Waals surface area (Å²) in [4.78, 5) is 38.4. The average Bonchev–Trinajstić information content (AvgIpc) is 2.95. The van der Waals surface area contributed by atoms with Crippen LogP contribution in [0.5, 0.6) is 0 Å². The Morgan fingerprint density at radius 3 is 2.67 bits per heavy atom. The number of aromatic carboxylic acids is 1. The van der Waals surface area contributed by atoms with Gasteiger partial charge in [0.15, 0.2) is 0 Å². The maximum Gasteiger partial charge on any atom is 0.335 e. The molecular weight excluding hydrogens is 292 g/mol. The second-order valence-electron chi connectivity index (χ2n) is 5.08. The molecule has 0 aromatic heterocycles. The van der Waals surface area contributed by atoms with Gasteiger partial charge in [0, 0.05) is 12.3 Å². The predicted molar refractivity (Wildman–Crippen MR) is 76.8 cm³/mol. The Morgan fingerprint density at radius 1 is 1.29 bits per heavy atom. The van der Waals surface area contributed by atoms with E-state index in [1.165, 1.54) is 12.1 Å². The number of fused-ring (bicyclic) bond motifs is 1. The predicted octanol–water partition coefficient (Wildman–Crippen LogP) is 0.628. The van der Waals surface area contributed by atoms with Crippen LogP contribution in [0.3, 0.4) is 0 Å². The first-order chi connectivity index (χ1) is 10.1. The first kappa shape index (κ1) is 13.9. The fourth-order valence-electron chi connectivity index (χ4n) is 2.54. The summed E-state index contributed by atoms with van der Waals surface area (Å²) >= 11 is 1.59. The van der Waals surface area contributed by atoms with E-state index in [4.69, 9.17) is 5.11 Å². The van der Waals surface area contributed by atoms with Gasteiger partial charge in [-0.1, -0.05) is 12.1 Å². The molecular formula is C14H14N2O4S. The minimum Gasteiger partial charge on any atom is -0.478 e. The monoisotopic (exact) mass is 306 g/mol. The van der Waals surface area contributed by atoms with Gasteiger partial charge in [0.1, 0.15) is 12.6 Å². The van der Waals surface area contributed by atoms with Crippen LogP contribution < -0.4 is 0 Å². The lowest BCUT2D eigenvalue weighted by Gasteiger charge is -2.35. The molecule has 7 heteroatoms. The zero-order valence-corrected chi connectivity index (χ0v) is 12.0. The van der Waals surface area contributed by atoms with Crippen LogP contribution in [-0.4, -0.2) is 56.9 Å². The van der Waals surface area contributed by atoms with Crippen molar-refractivity contribution in [2.24, 2.45) is 0 Å². The van der Waals surface area contributed by atoms with E-state index in [9.17, 15) is 14.4 Å². The molecule has 2 fully saturated rings. The van der Waals surface area contributed by atoms with Gasteiger partial charge in [0.05, 0.1) is 11.4 Å². The molecule has 21 heavy (non-hydrogen) atoms. The minimum absolute atomic E-state index is 0.0215. The van der Waals surface area contributed by atoms with E-state index in [0.717, 1.165) is 5.56 Å². The molecule has 1 atom stereocenters. The molecule has 6 nitrogen and oxygen atoms in total. The number of amides is 2. The van der Waals surface area contributed by atoms with Crippen LogP contribution in [0.15, 0.2) is 24.3 Å². The zero-order valence-electron chi connectivity index (χ0n) is 11.2. The topological polar surface area (TPSA) is 77.9 Å². The number of carboxylic acid groups (broad SMARTS) is 1. The molecule has 0 aliphatic carbocycles. The molecule has 1 unspecified atom stereocenters. The molecule has 2 amide bonds. The van der Waals surface area contributed by atoms with Crippen LogP contribution in [-0.2, 0) is 16.1 Å². The van der Waals surface area contributed by atoms with Gasteiger partial charge in [-0.2, -0.15) is 0 Å². The third-order valence-corrected chi connectivity index (χ3v) is 4.71. The summed E-state index contributed by atoms with van der Waals surface area (Å²) in [7, 11) is 0. The van der Waals surface area contributed by atoms with Crippen LogP contribution in [0.2, 0.25) is 0 Å². The zero-order chi connectivity index (χ0) is 15.0. The van der Waals surface area contributed by atoms with Crippen LogP contribution in [0.4, 0.5) is 0 Å². The number of hydrogen-bond donors (Lipinski definition) is 1. The number of carbonyl (C=O) groups is 3. The van der Waals surface area contributed by atoms with Gasteiger partial charge in [-0.15, -0.1) is 11.8 Å². The Morgan fingerprint density at radius 2 is 2.00 bits per heavy atom. The van der Waals surface area contributed by atoms with Gasteiger partial charge in [-0.05, 0) is 17.7 Å². The van der Waals surface area contributed by atoms with Crippen molar-refractivity contribution < 1.29 is 19.5 Å². The fraction of sp³-hybridized carbons (Fsp3) is 0.357. The molecule has 0 radical (unpaired) electrons. The third kappa shape index (κ3) is 2.61. The molecule has 0 spiro atoms. The number of benzene rings is 1. The van der Waals surface area contributed by atoms with Crippen LogP contribution >= 0.6 is 11.8 Å². The molecule has 1 N–H and O–H groups in total. The van der Waals surface area contributed by atoms with Gasteiger partial charge >= 0.3 is 5.97 Å². The van der Waals surface area contributed by atoms with Crippen molar-refractivity contribution in [3.05, 3.63) is 35.4 Å². The van der Waals surface area contributed by atoms with Gasteiger partial charge in [0.25, 0.3) is 0 Å². The van der Waals surface area contributed by atoms with E-state index in [0.29, 0.717) is 18.2 Å². The third-order valence-electron chi connectivity index (χ3n) is 3.70. The highest BCUT2D eigenvalue weighted by atomic mass is 32.2. The molecule has 0 bridgehead atoms. The van der Waals surface area contributed by atoms with Crippen LogP contribution in [0.1, 0.15) is 15.9 Å². The number of carboxylic acids is 1. The lowest BCUT2D eigenvalue weighted by Crippen LogP contribution is -2.57. The molecule has 2 saturated heterocycles. The summed E-state index contributed by atoms with van der Waals surface area (Å²) in [5.41, 5.74) is 1.03. The molecule has 2 aliphatic rings. The van der Waals surface area contributed by atoms with E-state index in [2.05, 4.69) is 0 Å². The Bertz CT molecular complexity index is 601. The first-order valence-corrected chi connectivity index (χ1v) is 7.70. The Hall–Kier alpha value is -2.02. The summed E-state index contributed by atoms with van der Waals surface area (Å²) in [5, 5.41) is 8.86. The van der Waals surface area contributed by atoms with Crippen molar-refractivity contribution in [2.75, 3.05) is 18.2 Å². The summed E-state index contributed by atoms with van der Waals surface area (Å²) in [6.07, 6.45) is 0. The van der Waals surface area contributed by atoms with E-state index in [1.54, 1.807) is 33.7 Å². The summed E-state index contributed by atoms with van der Waals surface area (Å²) < 4.78 is 0.